The Bertz CT molecular complexity index is 297. The Kier molecular flexibility index (Phi) is 6.34. The first-order valence-corrected chi connectivity index (χ1v) is 8.61. The van der Waals surface area contributed by atoms with E-state index in [2.05, 4.69) is 12.2 Å². The van der Waals surface area contributed by atoms with Crippen molar-refractivity contribution in [2.24, 2.45) is 5.92 Å². The number of rotatable bonds is 4. The number of hydrogen-bond acceptors (Lipinski definition) is 2. The van der Waals surface area contributed by atoms with Crippen LogP contribution in [-0.4, -0.2) is 24.2 Å². The van der Waals surface area contributed by atoms with Gasteiger partial charge in [0.2, 0.25) is 5.91 Å². The molecule has 2 rings (SSSR count). The summed E-state index contributed by atoms with van der Waals surface area (Å²) in [6.45, 7) is 4.19. The van der Waals surface area contributed by atoms with Crippen LogP contribution in [-0.2, 0) is 9.53 Å². The van der Waals surface area contributed by atoms with Crippen molar-refractivity contribution in [3.8, 4) is 0 Å². The number of nitrogens with one attached hydrogen (secondary N) is 1. The molecule has 0 aromatic rings. The summed E-state index contributed by atoms with van der Waals surface area (Å²) < 4.78 is 5.98. The molecule has 0 spiro atoms. The number of carbonyl (C=O) groups excluding carboxylic acids is 1. The second-order valence-electron chi connectivity index (χ2n) is 6.87. The maximum absolute atomic E-state index is 12.2. The molecule has 116 valence electrons. The van der Waals surface area contributed by atoms with Gasteiger partial charge in [-0.15, -0.1) is 0 Å². The van der Waals surface area contributed by atoms with Crippen molar-refractivity contribution in [1.82, 2.24) is 5.32 Å². The average Bonchev–Trinajstić information content (AvgIpc) is 2.67. The first-order chi connectivity index (χ1) is 9.65. The summed E-state index contributed by atoms with van der Waals surface area (Å²) in [6, 6.07) is 0.376. The molecule has 3 heteroatoms. The molecule has 1 N–H and O–H groups in total. The molecule has 3 nitrogen and oxygen atoms in total. The Morgan fingerprint density at radius 2 is 1.75 bits per heavy atom. The van der Waals surface area contributed by atoms with Crippen molar-refractivity contribution in [2.75, 3.05) is 0 Å². The van der Waals surface area contributed by atoms with Gasteiger partial charge in [-0.3, -0.25) is 4.79 Å². The maximum Gasteiger partial charge on any atom is 0.249 e. The zero-order valence-electron chi connectivity index (χ0n) is 13.2. The molecular weight excluding hydrogens is 250 g/mol. The Morgan fingerprint density at radius 1 is 1.05 bits per heavy atom. The third-order valence-electron chi connectivity index (χ3n) is 4.86. The summed E-state index contributed by atoms with van der Waals surface area (Å²) in [5.74, 6) is 0.834. The summed E-state index contributed by atoms with van der Waals surface area (Å²) in [7, 11) is 0. The van der Waals surface area contributed by atoms with E-state index in [1.165, 1.54) is 38.5 Å². The molecule has 0 heterocycles. The summed E-state index contributed by atoms with van der Waals surface area (Å²) >= 11 is 0. The summed E-state index contributed by atoms with van der Waals surface area (Å²) in [4.78, 5) is 12.2. The minimum Gasteiger partial charge on any atom is -0.365 e. The molecule has 2 aliphatic rings. The van der Waals surface area contributed by atoms with E-state index in [-0.39, 0.29) is 18.1 Å². The molecule has 2 aliphatic carbocycles. The molecule has 0 bridgehead atoms. The Morgan fingerprint density at radius 3 is 2.40 bits per heavy atom. The summed E-state index contributed by atoms with van der Waals surface area (Å²) in [5, 5.41) is 3.20. The van der Waals surface area contributed by atoms with Crippen LogP contribution in [0.4, 0.5) is 0 Å². The lowest BCUT2D eigenvalue weighted by molar-refractivity contribution is -0.138. The normalized spacial score (nSPS) is 30.5. The molecule has 0 radical (unpaired) electrons. The largest absolute Gasteiger partial charge is 0.365 e. The van der Waals surface area contributed by atoms with Gasteiger partial charge in [-0.1, -0.05) is 45.4 Å². The van der Waals surface area contributed by atoms with Crippen LogP contribution in [0.15, 0.2) is 0 Å². The standard InChI is InChI=1S/C17H31NO2/c1-13-8-7-11-16(12-13)20-14(2)17(19)18-15-9-5-3-4-6-10-15/h13-16H,3-12H2,1-2H3,(H,18,19)/t13-,14-,16-/m1/s1. The van der Waals surface area contributed by atoms with Crippen molar-refractivity contribution in [2.45, 2.75) is 96.3 Å². The second-order valence-corrected chi connectivity index (χ2v) is 6.87. The quantitative estimate of drug-likeness (QED) is 0.796. The first-order valence-electron chi connectivity index (χ1n) is 8.61. The van der Waals surface area contributed by atoms with E-state index in [1.807, 2.05) is 6.92 Å². The number of carbonyl (C=O) groups is 1. The van der Waals surface area contributed by atoms with Gasteiger partial charge in [0.05, 0.1) is 6.10 Å². The second kappa shape index (κ2) is 8.02. The molecule has 0 aromatic carbocycles. The summed E-state index contributed by atoms with van der Waals surface area (Å²) in [5.41, 5.74) is 0. The minimum atomic E-state index is -0.298. The monoisotopic (exact) mass is 281 g/mol. The van der Waals surface area contributed by atoms with Crippen LogP contribution in [0, 0.1) is 5.92 Å². The minimum absolute atomic E-state index is 0.0927. The smallest absolute Gasteiger partial charge is 0.249 e. The lowest BCUT2D eigenvalue weighted by Crippen LogP contribution is -2.42. The fraction of sp³-hybridized carbons (Fsp3) is 0.941. The van der Waals surface area contributed by atoms with Crippen LogP contribution in [0.2, 0.25) is 0 Å². The molecule has 0 aliphatic heterocycles. The van der Waals surface area contributed by atoms with Gasteiger partial charge in [0.1, 0.15) is 6.10 Å². The Hall–Kier alpha value is -0.570. The lowest BCUT2D eigenvalue weighted by Gasteiger charge is -2.29. The highest BCUT2D eigenvalue weighted by Crippen LogP contribution is 2.26. The number of hydrogen-bond donors (Lipinski definition) is 1. The number of ether oxygens (including phenoxy) is 1. The van der Waals surface area contributed by atoms with E-state index in [0.29, 0.717) is 6.04 Å². The van der Waals surface area contributed by atoms with Crippen molar-refractivity contribution >= 4 is 5.91 Å². The molecule has 0 unspecified atom stereocenters. The molecule has 2 fully saturated rings. The molecule has 1 amide bonds. The highest BCUT2D eigenvalue weighted by Gasteiger charge is 2.25. The number of amides is 1. The SMILES string of the molecule is C[C@@H]1CCC[C@@H](O[C@H](C)C(=O)NC2CCCCCC2)C1. The van der Waals surface area contributed by atoms with Gasteiger partial charge in [0, 0.05) is 6.04 Å². The zero-order chi connectivity index (χ0) is 14.4. The predicted octanol–water partition coefficient (Wildman–Crippen LogP) is 3.81. The van der Waals surface area contributed by atoms with Crippen molar-refractivity contribution in [1.29, 1.82) is 0 Å². The van der Waals surface area contributed by atoms with Crippen molar-refractivity contribution in [3.05, 3.63) is 0 Å². The van der Waals surface area contributed by atoms with Gasteiger partial charge in [0.25, 0.3) is 0 Å². The first kappa shape index (κ1) is 15.8. The fourth-order valence-electron chi connectivity index (χ4n) is 3.59. The van der Waals surface area contributed by atoms with Gasteiger partial charge >= 0.3 is 0 Å². The van der Waals surface area contributed by atoms with E-state index in [1.54, 1.807) is 0 Å². The highest BCUT2D eigenvalue weighted by atomic mass is 16.5. The maximum atomic E-state index is 12.2. The van der Waals surface area contributed by atoms with E-state index < -0.39 is 0 Å². The van der Waals surface area contributed by atoms with Crippen molar-refractivity contribution < 1.29 is 9.53 Å². The third-order valence-corrected chi connectivity index (χ3v) is 4.86. The zero-order valence-corrected chi connectivity index (χ0v) is 13.2. The van der Waals surface area contributed by atoms with E-state index in [0.717, 1.165) is 31.6 Å². The fourth-order valence-corrected chi connectivity index (χ4v) is 3.59. The van der Waals surface area contributed by atoms with Gasteiger partial charge in [-0.05, 0) is 38.5 Å². The lowest BCUT2D eigenvalue weighted by atomic mass is 9.88. The van der Waals surface area contributed by atoms with Crippen molar-refractivity contribution in [3.63, 3.8) is 0 Å². The predicted molar refractivity (Wildman–Crippen MR) is 81.6 cm³/mol. The van der Waals surface area contributed by atoms with Gasteiger partial charge in [0.15, 0.2) is 0 Å². The van der Waals surface area contributed by atoms with Crippen LogP contribution in [0.5, 0.6) is 0 Å². The van der Waals surface area contributed by atoms with E-state index in [4.69, 9.17) is 4.74 Å². The van der Waals surface area contributed by atoms with Gasteiger partial charge in [-0.2, -0.15) is 0 Å². The van der Waals surface area contributed by atoms with Crippen LogP contribution in [0.25, 0.3) is 0 Å². The van der Waals surface area contributed by atoms with Gasteiger partial charge in [-0.25, -0.2) is 0 Å². The molecule has 0 aromatic heterocycles. The van der Waals surface area contributed by atoms with Crippen LogP contribution in [0.1, 0.15) is 78.1 Å². The Labute approximate surface area is 123 Å². The molecule has 2 saturated carbocycles. The third kappa shape index (κ3) is 5.08. The van der Waals surface area contributed by atoms with E-state index in [9.17, 15) is 4.79 Å². The van der Waals surface area contributed by atoms with Gasteiger partial charge < -0.3 is 10.1 Å². The molecule has 20 heavy (non-hydrogen) atoms. The topological polar surface area (TPSA) is 38.3 Å². The molecule has 3 atom stereocenters. The Balaban J connectivity index is 1.73. The summed E-state index contributed by atoms with van der Waals surface area (Å²) in [6.07, 6.45) is 12.2. The van der Waals surface area contributed by atoms with E-state index >= 15 is 0 Å². The molecule has 0 saturated heterocycles. The van der Waals surface area contributed by atoms with Crippen LogP contribution in [0.3, 0.4) is 0 Å². The average molecular weight is 281 g/mol. The van der Waals surface area contributed by atoms with Crippen LogP contribution < -0.4 is 5.32 Å². The molecular formula is C17H31NO2. The highest BCUT2D eigenvalue weighted by molar-refractivity contribution is 5.80. The van der Waals surface area contributed by atoms with Crippen LogP contribution >= 0.6 is 0 Å².